The second-order valence-corrected chi connectivity index (χ2v) is 6.30. The van der Waals surface area contributed by atoms with Crippen LogP contribution in [0.5, 0.6) is 0 Å². The first-order chi connectivity index (χ1) is 11.3. The average Bonchev–Trinajstić information content (AvgIpc) is 3.27. The van der Waals surface area contributed by atoms with Crippen molar-refractivity contribution >= 4 is 5.65 Å². The molecule has 1 aliphatic carbocycles. The van der Waals surface area contributed by atoms with E-state index >= 15 is 0 Å². The van der Waals surface area contributed by atoms with Crippen molar-refractivity contribution < 1.29 is 4.52 Å². The highest BCUT2D eigenvalue weighted by Gasteiger charge is 2.23. The van der Waals surface area contributed by atoms with Crippen molar-refractivity contribution in [2.45, 2.75) is 44.7 Å². The molecule has 23 heavy (non-hydrogen) atoms. The molecule has 4 rings (SSSR count). The SMILES string of the molecule is CN(Cc1ccn2ncnc2c1)Cc1noc(C2CCCC2)n1. The number of rotatable bonds is 5. The molecular formula is C16H20N6O. The van der Waals surface area contributed by atoms with Gasteiger partial charge in [0.05, 0.1) is 6.54 Å². The second kappa shape index (κ2) is 6.08. The van der Waals surface area contributed by atoms with E-state index in [1.165, 1.54) is 31.2 Å². The fourth-order valence-corrected chi connectivity index (χ4v) is 3.24. The van der Waals surface area contributed by atoms with Crippen molar-refractivity contribution in [2.75, 3.05) is 7.05 Å². The van der Waals surface area contributed by atoms with Crippen molar-refractivity contribution in [3.63, 3.8) is 0 Å². The summed E-state index contributed by atoms with van der Waals surface area (Å²) < 4.78 is 7.20. The molecule has 1 fully saturated rings. The van der Waals surface area contributed by atoms with E-state index in [9.17, 15) is 0 Å². The van der Waals surface area contributed by atoms with E-state index in [0.717, 1.165) is 23.9 Å². The molecule has 0 spiro atoms. The van der Waals surface area contributed by atoms with E-state index in [-0.39, 0.29) is 0 Å². The minimum absolute atomic E-state index is 0.469. The molecule has 0 aliphatic heterocycles. The number of hydrogen-bond acceptors (Lipinski definition) is 6. The van der Waals surface area contributed by atoms with Crippen LogP contribution in [0.3, 0.4) is 0 Å². The van der Waals surface area contributed by atoms with Crippen LogP contribution in [0, 0.1) is 0 Å². The number of nitrogens with zero attached hydrogens (tertiary/aromatic N) is 6. The molecule has 0 bridgehead atoms. The molecule has 3 heterocycles. The Balaban J connectivity index is 1.40. The van der Waals surface area contributed by atoms with E-state index in [4.69, 9.17) is 4.52 Å². The highest BCUT2D eigenvalue weighted by Crippen LogP contribution is 2.32. The van der Waals surface area contributed by atoms with Gasteiger partial charge in [0.25, 0.3) is 0 Å². The number of fused-ring (bicyclic) bond motifs is 1. The fourth-order valence-electron chi connectivity index (χ4n) is 3.24. The Hall–Kier alpha value is -2.28. The Labute approximate surface area is 134 Å². The van der Waals surface area contributed by atoms with Crippen LogP contribution < -0.4 is 0 Å². The first kappa shape index (κ1) is 14.3. The summed E-state index contributed by atoms with van der Waals surface area (Å²) in [6.07, 6.45) is 8.39. The largest absolute Gasteiger partial charge is 0.339 e. The number of aromatic nitrogens is 5. The molecule has 7 nitrogen and oxygen atoms in total. The molecule has 0 saturated heterocycles. The summed E-state index contributed by atoms with van der Waals surface area (Å²) in [5.41, 5.74) is 2.05. The van der Waals surface area contributed by atoms with Crippen LogP contribution in [0.4, 0.5) is 0 Å². The van der Waals surface area contributed by atoms with Gasteiger partial charge in [-0.1, -0.05) is 18.0 Å². The van der Waals surface area contributed by atoms with Gasteiger partial charge in [-0.3, -0.25) is 4.90 Å². The molecule has 3 aromatic heterocycles. The van der Waals surface area contributed by atoms with Crippen molar-refractivity contribution in [3.8, 4) is 0 Å². The van der Waals surface area contributed by atoms with Gasteiger partial charge in [-0.15, -0.1) is 0 Å². The fraction of sp³-hybridized carbons (Fsp3) is 0.500. The van der Waals surface area contributed by atoms with Crippen LogP contribution in [0.15, 0.2) is 29.2 Å². The normalized spacial score (nSPS) is 15.9. The minimum Gasteiger partial charge on any atom is -0.339 e. The molecule has 0 radical (unpaired) electrons. The summed E-state index contributed by atoms with van der Waals surface area (Å²) in [5, 5.41) is 8.24. The van der Waals surface area contributed by atoms with Crippen LogP contribution in [-0.4, -0.2) is 36.7 Å². The second-order valence-electron chi connectivity index (χ2n) is 6.30. The summed E-state index contributed by atoms with van der Waals surface area (Å²) in [6.45, 7) is 1.48. The van der Waals surface area contributed by atoms with E-state index in [2.05, 4.69) is 38.2 Å². The van der Waals surface area contributed by atoms with E-state index in [1.807, 2.05) is 12.3 Å². The quantitative estimate of drug-likeness (QED) is 0.720. The van der Waals surface area contributed by atoms with Gasteiger partial charge in [-0.2, -0.15) is 10.1 Å². The molecule has 120 valence electrons. The van der Waals surface area contributed by atoms with Crippen LogP contribution in [0.1, 0.15) is 48.9 Å². The third-order valence-electron chi connectivity index (χ3n) is 4.40. The molecule has 0 amide bonds. The Kier molecular flexibility index (Phi) is 3.78. The van der Waals surface area contributed by atoms with Crippen LogP contribution in [0.2, 0.25) is 0 Å². The predicted octanol–water partition coefficient (Wildman–Crippen LogP) is 2.40. The van der Waals surface area contributed by atoms with Gasteiger partial charge >= 0.3 is 0 Å². The standard InChI is InChI=1S/C16H20N6O/c1-21(9-12-6-7-22-15(8-12)17-11-18-22)10-14-19-16(23-20-14)13-4-2-3-5-13/h6-8,11,13H,2-5,9-10H2,1H3. The third kappa shape index (κ3) is 3.10. The molecule has 3 aromatic rings. The van der Waals surface area contributed by atoms with Crippen LogP contribution in [-0.2, 0) is 13.1 Å². The van der Waals surface area contributed by atoms with Gasteiger partial charge in [0.2, 0.25) is 5.89 Å². The Bertz CT molecular complexity index is 789. The number of hydrogen-bond donors (Lipinski definition) is 0. The summed E-state index contributed by atoms with van der Waals surface area (Å²) in [6, 6.07) is 4.10. The smallest absolute Gasteiger partial charge is 0.229 e. The van der Waals surface area contributed by atoms with Crippen LogP contribution in [0.25, 0.3) is 5.65 Å². The molecule has 0 N–H and O–H groups in total. The van der Waals surface area contributed by atoms with Gasteiger partial charge in [0.1, 0.15) is 6.33 Å². The maximum absolute atomic E-state index is 5.44. The van der Waals surface area contributed by atoms with Crippen molar-refractivity contribution in [1.82, 2.24) is 29.6 Å². The minimum atomic E-state index is 0.469. The lowest BCUT2D eigenvalue weighted by Gasteiger charge is -2.14. The monoisotopic (exact) mass is 312 g/mol. The summed E-state index contributed by atoms with van der Waals surface area (Å²) in [4.78, 5) is 11.0. The Morgan fingerprint density at radius 1 is 1.30 bits per heavy atom. The van der Waals surface area contributed by atoms with Gasteiger partial charge < -0.3 is 4.52 Å². The lowest BCUT2D eigenvalue weighted by Crippen LogP contribution is -2.18. The van der Waals surface area contributed by atoms with Gasteiger partial charge in [0, 0.05) is 18.7 Å². The maximum Gasteiger partial charge on any atom is 0.229 e. The zero-order valence-corrected chi connectivity index (χ0v) is 13.2. The first-order valence-corrected chi connectivity index (χ1v) is 8.07. The molecule has 7 heteroatoms. The highest BCUT2D eigenvalue weighted by atomic mass is 16.5. The van der Waals surface area contributed by atoms with Crippen molar-refractivity contribution in [3.05, 3.63) is 41.9 Å². The van der Waals surface area contributed by atoms with Crippen LogP contribution >= 0.6 is 0 Å². The topological polar surface area (TPSA) is 72.3 Å². The third-order valence-corrected chi connectivity index (χ3v) is 4.40. The molecular weight excluding hydrogens is 292 g/mol. The lowest BCUT2D eigenvalue weighted by molar-refractivity contribution is 0.297. The molecule has 1 saturated carbocycles. The van der Waals surface area contributed by atoms with E-state index in [1.54, 1.807) is 10.8 Å². The summed E-state index contributed by atoms with van der Waals surface area (Å²) in [7, 11) is 2.06. The zero-order valence-electron chi connectivity index (χ0n) is 13.2. The zero-order chi connectivity index (χ0) is 15.6. The maximum atomic E-state index is 5.44. The molecule has 1 aliphatic rings. The Morgan fingerprint density at radius 2 is 2.17 bits per heavy atom. The van der Waals surface area contributed by atoms with Crippen molar-refractivity contribution in [1.29, 1.82) is 0 Å². The van der Waals surface area contributed by atoms with Crippen molar-refractivity contribution in [2.24, 2.45) is 0 Å². The number of pyridine rings is 1. The predicted molar refractivity (Wildman–Crippen MR) is 83.7 cm³/mol. The summed E-state index contributed by atoms with van der Waals surface area (Å²) >= 11 is 0. The van der Waals surface area contributed by atoms with Gasteiger partial charge in [-0.05, 0) is 37.6 Å². The van der Waals surface area contributed by atoms with E-state index in [0.29, 0.717) is 12.5 Å². The summed E-state index contributed by atoms with van der Waals surface area (Å²) in [5.74, 6) is 2.05. The van der Waals surface area contributed by atoms with Gasteiger partial charge in [0.15, 0.2) is 11.5 Å². The van der Waals surface area contributed by atoms with E-state index < -0.39 is 0 Å². The molecule has 0 atom stereocenters. The average molecular weight is 312 g/mol. The Morgan fingerprint density at radius 3 is 3.04 bits per heavy atom. The lowest BCUT2D eigenvalue weighted by atomic mass is 10.1. The first-order valence-electron chi connectivity index (χ1n) is 8.07. The highest BCUT2D eigenvalue weighted by molar-refractivity contribution is 5.39. The molecule has 0 unspecified atom stereocenters. The van der Waals surface area contributed by atoms with Gasteiger partial charge in [-0.25, -0.2) is 9.50 Å². The molecule has 0 aromatic carbocycles.